The molecule has 1 atom stereocenters. The molecule has 2 heterocycles. The standard InChI is InChI=1S/C8H12N2O/c1-2-4-9-7(3-1)8-10-5-6-11-8/h5-7,9H,1-4H2/t7-/m0/s1. The molecule has 0 spiro atoms. The predicted octanol–water partition coefficient (Wildman–Crippen LogP) is 1.49. The predicted molar refractivity (Wildman–Crippen MR) is 41.1 cm³/mol. The van der Waals surface area contributed by atoms with Crippen molar-refractivity contribution in [2.45, 2.75) is 25.3 Å². The number of oxazole rings is 1. The Bertz CT molecular complexity index is 202. The smallest absolute Gasteiger partial charge is 0.211 e. The van der Waals surface area contributed by atoms with E-state index in [9.17, 15) is 0 Å². The fourth-order valence-corrected chi connectivity index (χ4v) is 1.47. The van der Waals surface area contributed by atoms with Gasteiger partial charge >= 0.3 is 0 Å². The van der Waals surface area contributed by atoms with E-state index in [0.717, 1.165) is 18.9 Å². The van der Waals surface area contributed by atoms with Gasteiger partial charge in [0.05, 0.1) is 12.2 Å². The van der Waals surface area contributed by atoms with E-state index in [1.165, 1.54) is 12.8 Å². The van der Waals surface area contributed by atoms with Crippen LogP contribution < -0.4 is 5.32 Å². The number of piperidine rings is 1. The summed E-state index contributed by atoms with van der Waals surface area (Å²) in [6.45, 7) is 1.09. The summed E-state index contributed by atoms with van der Waals surface area (Å²) in [6, 6.07) is 0.360. The molecule has 3 heteroatoms. The van der Waals surface area contributed by atoms with E-state index in [0.29, 0.717) is 6.04 Å². The Labute approximate surface area is 65.8 Å². The van der Waals surface area contributed by atoms with Crippen LogP contribution in [0.5, 0.6) is 0 Å². The lowest BCUT2D eigenvalue weighted by Gasteiger charge is -2.19. The van der Waals surface area contributed by atoms with Gasteiger partial charge in [0, 0.05) is 0 Å². The summed E-state index contributed by atoms with van der Waals surface area (Å²) in [7, 11) is 0. The Morgan fingerprint density at radius 3 is 3.18 bits per heavy atom. The summed E-state index contributed by atoms with van der Waals surface area (Å²) in [4.78, 5) is 4.11. The Morgan fingerprint density at radius 1 is 1.55 bits per heavy atom. The number of aromatic nitrogens is 1. The highest BCUT2D eigenvalue weighted by Gasteiger charge is 2.17. The zero-order valence-electron chi connectivity index (χ0n) is 6.42. The molecule has 0 radical (unpaired) electrons. The SMILES string of the molecule is c1coc([C@@H]2CCCCN2)n1. The molecule has 0 saturated carbocycles. The molecule has 1 aromatic rings. The van der Waals surface area contributed by atoms with Gasteiger partial charge in [-0.2, -0.15) is 0 Å². The molecule has 1 aliphatic rings. The lowest BCUT2D eigenvalue weighted by molar-refractivity contribution is 0.338. The molecule has 11 heavy (non-hydrogen) atoms. The average Bonchev–Trinajstić information content (AvgIpc) is 2.58. The number of hydrogen-bond acceptors (Lipinski definition) is 3. The minimum Gasteiger partial charge on any atom is -0.447 e. The van der Waals surface area contributed by atoms with Gasteiger partial charge in [-0.1, -0.05) is 6.42 Å². The van der Waals surface area contributed by atoms with E-state index in [4.69, 9.17) is 4.42 Å². The third-order valence-corrected chi connectivity index (χ3v) is 2.06. The quantitative estimate of drug-likeness (QED) is 0.662. The van der Waals surface area contributed by atoms with Crippen molar-refractivity contribution >= 4 is 0 Å². The first-order valence-electron chi connectivity index (χ1n) is 4.09. The minimum atomic E-state index is 0.360. The van der Waals surface area contributed by atoms with Crippen molar-refractivity contribution in [3.05, 3.63) is 18.4 Å². The summed E-state index contributed by atoms with van der Waals surface area (Å²) in [5.74, 6) is 0.838. The normalized spacial score (nSPS) is 25.3. The van der Waals surface area contributed by atoms with E-state index in [1.807, 2.05) is 0 Å². The van der Waals surface area contributed by atoms with E-state index >= 15 is 0 Å². The molecule has 1 aromatic heterocycles. The highest BCUT2D eigenvalue weighted by molar-refractivity contribution is 4.91. The van der Waals surface area contributed by atoms with E-state index < -0.39 is 0 Å². The van der Waals surface area contributed by atoms with Gasteiger partial charge in [0.25, 0.3) is 0 Å². The first-order chi connectivity index (χ1) is 5.47. The number of rotatable bonds is 1. The molecule has 0 aromatic carbocycles. The number of nitrogens with one attached hydrogen (secondary N) is 1. The first-order valence-corrected chi connectivity index (χ1v) is 4.09. The van der Waals surface area contributed by atoms with Crippen LogP contribution in [-0.4, -0.2) is 11.5 Å². The van der Waals surface area contributed by atoms with Crippen LogP contribution in [-0.2, 0) is 0 Å². The lowest BCUT2D eigenvalue weighted by atomic mass is 10.1. The highest BCUT2D eigenvalue weighted by atomic mass is 16.3. The highest BCUT2D eigenvalue weighted by Crippen LogP contribution is 2.20. The summed E-state index contributed by atoms with van der Waals surface area (Å²) in [6.07, 6.45) is 7.04. The topological polar surface area (TPSA) is 38.1 Å². The van der Waals surface area contributed by atoms with Gasteiger partial charge < -0.3 is 9.73 Å². The first kappa shape index (κ1) is 6.85. The third-order valence-electron chi connectivity index (χ3n) is 2.06. The molecule has 1 saturated heterocycles. The van der Waals surface area contributed by atoms with Crippen molar-refractivity contribution in [3.8, 4) is 0 Å². The molecule has 1 aliphatic heterocycles. The molecular weight excluding hydrogens is 140 g/mol. The van der Waals surface area contributed by atoms with Crippen LogP contribution >= 0.6 is 0 Å². The zero-order valence-corrected chi connectivity index (χ0v) is 6.42. The summed E-state index contributed by atoms with van der Waals surface area (Å²) in [5, 5.41) is 3.37. The molecule has 3 nitrogen and oxygen atoms in total. The molecule has 60 valence electrons. The van der Waals surface area contributed by atoms with Gasteiger partial charge in [-0.05, 0) is 19.4 Å². The van der Waals surface area contributed by atoms with Crippen molar-refractivity contribution in [2.75, 3.05) is 6.54 Å². The van der Waals surface area contributed by atoms with Crippen LogP contribution in [0.3, 0.4) is 0 Å². The third kappa shape index (κ3) is 1.43. The van der Waals surface area contributed by atoms with Gasteiger partial charge in [0.2, 0.25) is 5.89 Å². The fraction of sp³-hybridized carbons (Fsp3) is 0.625. The zero-order chi connectivity index (χ0) is 7.52. The van der Waals surface area contributed by atoms with Gasteiger partial charge in [-0.3, -0.25) is 0 Å². The van der Waals surface area contributed by atoms with Gasteiger partial charge in [0.15, 0.2) is 0 Å². The number of nitrogens with zero attached hydrogens (tertiary/aromatic N) is 1. The minimum absolute atomic E-state index is 0.360. The van der Waals surface area contributed by atoms with Crippen LogP contribution in [0.4, 0.5) is 0 Å². The maximum absolute atomic E-state index is 5.20. The molecule has 0 amide bonds. The van der Waals surface area contributed by atoms with Crippen LogP contribution in [0, 0.1) is 0 Å². The van der Waals surface area contributed by atoms with E-state index in [2.05, 4.69) is 10.3 Å². The largest absolute Gasteiger partial charge is 0.447 e. The second-order valence-electron chi connectivity index (χ2n) is 2.87. The van der Waals surface area contributed by atoms with Crippen LogP contribution in [0.2, 0.25) is 0 Å². The Morgan fingerprint density at radius 2 is 2.55 bits per heavy atom. The van der Waals surface area contributed by atoms with Gasteiger partial charge in [0.1, 0.15) is 6.26 Å². The second kappa shape index (κ2) is 3.05. The maximum Gasteiger partial charge on any atom is 0.211 e. The summed E-state index contributed by atoms with van der Waals surface area (Å²) in [5.41, 5.74) is 0. The van der Waals surface area contributed by atoms with Crippen molar-refractivity contribution < 1.29 is 4.42 Å². The second-order valence-corrected chi connectivity index (χ2v) is 2.87. The van der Waals surface area contributed by atoms with Crippen molar-refractivity contribution in [1.29, 1.82) is 0 Å². The average molecular weight is 152 g/mol. The summed E-state index contributed by atoms with van der Waals surface area (Å²) < 4.78 is 5.20. The molecule has 0 unspecified atom stereocenters. The van der Waals surface area contributed by atoms with Crippen LogP contribution in [0.25, 0.3) is 0 Å². The summed E-state index contributed by atoms with van der Waals surface area (Å²) >= 11 is 0. The number of hydrogen-bond donors (Lipinski definition) is 1. The van der Waals surface area contributed by atoms with Crippen molar-refractivity contribution in [1.82, 2.24) is 10.3 Å². The Balaban J connectivity index is 2.04. The van der Waals surface area contributed by atoms with Gasteiger partial charge in [-0.25, -0.2) is 4.98 Å². The van der Waals surface area contributed by atoms with Gasteiger partial charge in [-0.15, -0.1) is 0 Å². The maximum atomic E-state index is 5.20. The molecule has 2 rings (SSSR count). The Hall–Kier alpha value is -0.830. The Kier molecular flexibility index (Phi) is 1.90. The molecule has 0 bridgehead atoms. The van der Waals surface area contributed by atoms with Crippen LogP contribution in [0.1, 0.15) is 31.2 Å². The van der Waals surface area contributed by atoms with E-state index in [1.54, 1.807) is 12.5 Å². The van der Waals surface area contributed by atoms with Crippen molar-refractivity contribution in [2.24, 2.45) is 0 Å². The van der Waals surface area contributed by atoms with E-state index in [-0.39, 0.29) is 0 Å². The molecule has 0 aliphatic carbocycles. The van der Waals surface area contributed by atoms with Crippen molar-refractivity contribution in [3.63, 3.8) is 0 Å². The van der Waals surface area contributed by atoms with Crippen LogP contribution in [0.15, 0.2) is 16.9 Å². The monoisotopic (exact) mass is 152 g/mol. The lowest BCUT2D eigenvalue weighted by Crippen LogP contribution is -2.26. The molecular formula is C8H12N2O. The fourth-order valence-electron chi connectivity index (χ4n) is 1.47. The molecule has 1 N–H and O–H groups in total. The molecule has 1 fully saturated rings.